The maximum atomic E-state index is 5.81. The van der Waals surface area contributed by atoms with Crippen molar-refractivity contribution in [2.75, 3.05) is 0 Å². The molecule has 43 heavy (non-hydrogen) atoms. The van der Waals surface area contributed by atoms with Gasteiger partial charge in [-0.25, -0.2) is 0 Å². The van der Waals surface area contributed by atoms with Gasteiger partial charge in [0.2, 0.25) is 26.4 Å². The fraction of sp³-hybridized carbons (Fsp3) is 0. The van der Waals surface area contributed by atoms with Gasteiger partial charge in [-0.2, -0.15) is 29.9 Å². The zero-order valence-corrected chi connectivity index (χ0v) is 28.8. The zero-order valence-electron chi connectivity index (χ0n) is 24.1. The Morgan fingerprint density at radius 2 is 0.744 bits per heavy atom. The molecule has 0 spiro atoms. The number of hydrogen-bond donors (Lipinski definition) is 0. The second-order valence-corrected chi connectivity index (χ2v) is 10.8. The SMILES string of the molecule is Brc1cccc(-c2ccccc2)c1.Clc1nc(Cl)nc(-c2cccc(-c3ccccc3)c2)n1.Clc1nc(Cl)nc(Cl)n1.[H-].[H-].[Mg+2]. The van der Waals surface area contributed by atoms with Crippen molar-refractivity contribution in [2.45, 2.75) is 0 Å². The Labute approximate surface area is 301 Å². The van der Waals surface area contributed by atoms with Crippen LogP contribution in [-0.2, 0) is 0 Å². The van der Waals surface area contributed by atoms with Crippen LogP contribution in [0.2, 0.25) is 26.4 Å². The molecule has 0 N–H and O–H groups in total. The van der Waals surface area contributed by atoms with Crippen LogP contribution < -0.4 is 0 Å². The van der Waals surface area contributed by atoms with E-state index in [4.69, 9.17) is 58.0 Å². The van der Waals surface area contributed by atoms with Crippen LogP contribution in [0.5, 0.6) is 0 Å². The Bertz CT molecular complexity index is 1710. The third-order valence-electron chi connectivity index (χ3n) is 5.29. The number of nitrogens with zero attached hydrogens (tertiary/aromatic N) is 6. The van der Waals surface area contributed by atoms with Gasteiger partial charge in [-0.15, -0.1) is 0 Å². The van der Waals surface area contributed by atoms with E-state index in [0.29, 0.717) is 5.82 Å². The molecular weight excluding hydrogens is 726 g/mol. The van der Waals surface area contributed by atoms with E-state index < -0.39 is 0 Å². The Kier molecular flexibility index (Phi) is 14.5. The molecule has 0 atom stereocenters. The Morgan fingerprint density at radius 1 is 0.395 bits per heavy atom. The first-order valence-electron chi connectivity index (χ1n) is 12.0. The fourth-order valence-electron chi connectivity index (χ4n) is 3.53. The number of halogens is 6. The second kappa shape index (κ2) is 17.8. The van der Waals surface area contributed by atoms with Gasteiger partial charge in [0.1, 0.15) is 0 Å². The smallest absolute Gasteiger partial charge is 1.00 e. The van der Waals surface area contributed by atoms with Crippen molar-refractivity contribution in [1.29, 1.82) is 0 Å². The monoisotopic (exact) mass is 742 g/mol. The molecule has 214 valence electrons. The van der Waals surface area contributed by atoms with Gasteiger partial charge < -0.3 is 2.85 Å². The molecule has 0 aliphatic heterocycles. The van der Waals surface area contributed by atoms with Crippen LogP contribution in [0.1, 0.15) is 2.85 Å². The fourth-order valence-corrected chi connectivity index (χ4v) is 4.90. The van der Waals surface area contributed by atoms with E-state index in [1.54, 1.807) is 0 Å². The molecule has 0 unspecified atom stereocenters. The molecule has 13 heteroatoms. The molecule has 0 saturated carbocycles. The van der Waals surface area contributed by atoms with Crippen LogP contribution >= 0.6 is 73.9 Å². The first kappa shape index (κ1) is 35.1. The maximum Gasteiger partial charge on any atom is 2.00 e. The van der Waals surface area contributed by atoms with Gasteiger partial charge in [-0.1, -0.05) is 107 Å². The van der Waals surface area contributed by atoms with Crippen LogP contribution in [0.3, 0.4) is 0 Å². The predicted octanol–water partition coefficient (Wildman–Crippen LogP) is 10.3. The standard InChI is InChI=1S/C15H9Cl2N3.C12H9Br.C3Cl3N3.Mg.2H/c16-14-18-13(19-15(17)20-14)12-8-4-7-11(9-12)10-5-2-1-3-6-10;13-12-8-4-7-11(9-12)10-5-2-1-3-6-10;4-1-7-2(5)9-3(6)8-1;;;/h1-9H;1-9H;;;;/q;;;+2;2*-1. The van der Waals surface area contributed by atoms with Crippen molar-refractivity contribution >= 4 is 97.0 Å². The van der Waals surface area contributed by atoms with E-state index in [-0.39, 0.29) is 52.3 Å². The molecule has 0 fully saturated rings. The predicted molar refractivity (Wildman–Crippen MR) is 183 cm³/mol. The summed E-state index contributed by atoms with van der Waals surface area (Å²) < 4.78 is 1.12. The minimum atomic E-state index is 0. The van der Waals surface area contributed by atoms with Gasteiger partial charge in [0, 0.05) is 10.0 Å². The first-order chi connectivity index (χ1) is 20.3. The average Bonchev–Trinajstić information content (AvgIpc) is 2.98. The second-order valence-electron chi connectivity index (χ2n) is 8.16. The van der Waals surface area contributed by atoms with E-state index in [2.05, 4.69) is 82.2 Å². The van der Waals surface area contributed by atoms with Crippen LogP contribution in [0.15, 0.2) is 114 Å². The Balaban J connectivity index is 0.000000353. The van der Waals surface area contributed by atoms with Crippen molar-refractivity contribution in [3.63, 3.8) is 0 Å². The zero-order chi connectivity index (χ0) is 29.9. The van der Waals surface area contributed by atoms with Gasteiger partial charge in [0.25, 0.3) is 0 Å². The van der Waals surface area contributed by atoms with Gasteiger partial charge in [-0.3, -0.25) is 0 Å². The molecular formula is C30H20BrCl5MgN6. The van der Waals surface area contributed by atoms with E-state index in [1.807, 2.05) is 72.8 Å². The van der Waals surface area contributed by atoms with Gasteiger partial charge in [0.05, 0.1) is 0 Å². The maximum absolute atomic E-state index is 5.81. The number of benzene rings is 4. The van der Waals surface area contributed by atoms with Crippen molar-refractivity contribution in [2.24, 2.45) is 0 Å². The molecule has 6 aromatic rings. The minimum Gasteiger partial charge on any atom is -1.00 e. The Hall–Kier alpha value is -2.40. The normalized spacial score (nSPS) is 9.91. The van der Waals surface area contributed by atoms with Crippen molar-refractivity contribution in [3.8, 4) is 33.6 Å². The molecule has 2 heterocycles. The minimum absolute atomic E-state index is 0. The van der Waals surface area contributed by atoms with Crippen molar-refractivity contribution in [1.82, 2.24) is 29.9 Å². The largest absolute Gasteiger partial charge is 2.00 e. The molecule has 0 amide bonds. The van der Waals surface area contributed by atoms with Gasteiger partial charge in [0.15, 0.2) is 5.82 Å². The third kappa shape index (κ3) is 11.6. The summed E-state index contributed by atoms with van der Waals surface area (Å²) in [6.07, 6.45) is 0. The van der Waals surface area contributed by atoms with Crippen molar-refractivity contribution in [3.05, 3.63) is 140 Å². The summed E-state index contributed by atoms with van der Waals surface area (Å²) in [6.45, 7) is 0. The summed E-state index contributed by atoms with van der Waals surface area (Å²) in [5, 5.41) is 0.176. The molecule has 6 rings (SSSR count). The summed E-state index contributed by atoms with van der Waals surface area (Å²) in [5.74, 6) is 0.466. The van der Waals surface area contributed by atoms with E-state index >= 15 is 0 Å². The van der Waals surface area contributed by atoms with Gasteiger partial charge in [-0.05, 0) is 98.5 Å². The van der Waals surface area contributed by atoms with Crippen LogP contribution in [0, 0.1) is 0 Å². The average molecular weight is 746 g/mol. The molecule has 0 bridgehead atoms. The summed E-state index contributed by atoms with van der Waals surface area (Å²) >= 11 is 31.0. The first-order valence-corrected chi connectivity index (χ1v) is 14.7. The topological polar surface area (TPSA) is 77.3 Å². The summed E-state index contributed by atoms with van der Waals surface area (Å²) in [4.78, 5) is 22.3. The van der Waals surface area contributed by atoms with Crippen LogP contribution in [0.4, 0.5) is 0 Å². The van der Waals surface area contributed by atoms with Crippen LogP contribution in [-0.4, -0.2) is 53.0 Å². The third-order valence-corrected chi connectivity index (χ3v) is 6.63. The number of rotatable bonds is 3. The molecule has 2 aromatic heterocycles. The summed E-state index contributed by atoms with van der Waals surface area (Å²) in [6, 6.07) is 36.6. The van der Waals surface area contributed by atoms with E-state index in [0.717, 1.165) is 21.2 Å². The van der Waals surface area contributed by atoms with Gasteiger partial charge >= 0.3 is 23.1 Å². The Morgan fingerprint density at radius 3 is 1.19 bits per heavy atom. The molecule has 0 aliphatic carbocycles. The molecule has 0 aliphatic rings. The van der Waals surface area contributed by atoms with E-state index in [1.165, 1.54) is 11.1 Å². The molecule has 6 nitrogen and oxygen atoms in total. The summed E-state index contributed by atoms with van der Waals surface area (Å²) in [7, 11) is 0. The van der Waals surface area contributed by atoms with Crippen molar-refractivity contribution < 1.29 is 2.85 Å². The van der Waals surface area contributed by atoms with E-state index in [9.17, 15) is 0 Å². The molecule has 4 aromatic carbocycles. The quantitative estimate of drug-likeness (QED) is 0.168. The molecule has 0 radical (unpaired) electrons. The molecule has 0 saturated heterocycles. The van der Waals surface area contributed by atoms with Crippen LogP contribution in [0.25, 0.3) is 33.6 Å². The number of aromatic nitrogens is 6. The summed E-state index contributed by atoms with van der Waals surface area (Å²) in [5.41, 5.74) is 5.55. The number of hydrogen-bond acceptors (Lipinski definition) is 6.